The maximum absolute atomic E-state index is 4.19. The van der Waals surface area contributed by atoms with Crippen LogP contribution in [0, 0.1) is 0 Å². The van der Waals surface area contributed by atoms with Gasteiger partial charge in [-0.25, -0.2) is 0 Å². The molecule has 2 unspecified atom stereocenters. The van der Waals surface area contributed by atoms with Gasteiger partial charge in [-0.05, 0) is 278 Å². The largest absolute Gasteiger partial charge is 0.310 e. The van der Waals surface area contributed by atoms with Gasteiger partial charge >= 0.3 is 0 Å². The quantitative estimate of drug-likeness (QED) is 0.0451. The van der Waals surface area contributed by atoms with Gasteiger partial charge in [0.2, 0.25) is 0 Å². The first kappa shape index (κ1) is 83.2. The number of hydrogen-bond acceptors (Lipinski definition) is 2. The molecule has 3 aliphatic rings. The van der Waals surface area contributed by atoms with E-state index in [0.717, 1.165) is 83.8 Å². The number of hydrogen-bond donors (Lipinski definition) is 0. The van der Waals surface area contributed by atoms with E-state index < -0.39 is 16.2 Å². The second kappa shape index (κ2) is 34.9. The van der Waals surface area contributed by atoms with Crippen molar-refractivity contribution in [2.75, 3.05) is 9.80 Å². The number of rotatable bonds is 28. The number of fused-ring (bicyclic) bond motifs is 9. The molecule has 0 fully saturated rings. The number of unbranched alkanes of at least 4 members (excludes halogenated alkanes) is 6. The highest BCUT2D eigenvalue weighted by Crippen LogP contribution is 2.62. The van der Waals surface area contributed by atoms with Gasteiger partial charge in [-0.2, -0.15) is 0 Å². The maximum Gasteiger partial charge on any atom is 0.0715 e. The molecule has 127 heavy (non-hydrogen) atoms. The molecule has 16 aromatic rings. The summed E-state index contributed by atoms with van der Waals surface area (Å²) in [7, 11) is 0. The Balaban J connectivity index is 0.853. The molecule has 0 radical (unpaired) electrons. The molecule has 0 amide bonds. The summed E-state index contributed by atoms with van der Waals surface area (Å²) in [6, 6.07) is 146. The summed E-state index contributed by atoms with van der Waals surface area (Å²) >= 11 is 0. The predicted molar refractivity (Wildman–Crippen MR) is 541 cm³/mol. The van der Waals surface area contributed by atoms with Gasteiger partial charge in [-0.15, -0.1) is 0 Å². The smallest absolute Gasteiger partial charge is 0.0715 e. The lowest BCUT2D eigenvalue weighted by atomic mass is 9.67. The first-order chi connectivity index (χ1) is 62.0. The highest BCUT2D eigenvalue weighted by atomic mass is 15.1. The molecular formula is C125H116N2. The fraction of sp³-hybridized carbons (Fsp3) is 0.200. The summed E-state index contributed by atoms with van der Waals surface area (Å²) in [5.74, 6) is 0. The first-order valence-corrected chi connectivity index (χ1v) is 46.5. The Morgan fingerprint density at radius 3 is 0.882 bits per heavy atom. The van der Waals surface area contributed by atoms with Gasteiger partial charge in [0, 0.05) is 34.1 Å². The monoisotopic (exact) mass is 1640 g/mol. The van der Waals surface area contributed by atoms with Gasteiger partial charge in [0.1, 0.15) is 0 Å². The summed E-state index contributed by atoms with van der Waals surface area (Å²) in [4.78, 5) is 5.15. The lowest BCUT2D eigenvalue weighted by Crippen LogP contribution is -2.30. The van der Waals surface area contributed by atoms with Crippen LogP contribution in [-0.2, 0) is 52.8 Å². The normalized spacial score (nSPS) is 15.0. The summed E-state index contributed by atoms with van der Waals surface area (Å²) in [6.07, 6.45) is 17.1. The van der Waals surface area contributed by atoms with E-state index in [2.05, 4.69) is 454 Å². The van der Waals surface area contributed by atoms with Crippen LogP contribution >= 0.6 is 0 Å². The van der Waals surface area contributed by atoms with E-state index in [-0.39, 0.29) is 10.8 Å². The molecule has 0 heterocycles. The molecule has 0 aromatic heterocycles. The number of anilines is 6. The van der Waals surface area contributed by atoms with Gasteiger partial charge in [0.15, 0.2) is 0 Å². The first-order valence-electron chi connectivity index (χ1n) is 46.5. The number of benzene rings is 16. The molecule has 2 atom stereocenters. The standard InChI is InChI=1S/C125H116N2/c1-11-15-17-21-31-89-49-57-101(58-50-89)125(102-59-51-90(52-60-102)32-22-18-16-12-2)119-83-107(126(103-69-53-95(54-70-103)93-33-23-19-24-34-93)105-73-77-111-109-37-27-29-39-115(109)123(117(111)81-105,85-91-45-41-87(13-3)42-46-91)99-65-61-97(62-66-99)121(5,6)7)75-79-113(119)114-80-76-108(84-120(114)125)127(104-71-55-96(56-72-104)94-35-25-20-26-36-94)106-74-78-112-110-38-28-30-40-116(110)124(118(112)82-106,86-92-47-43-88(14-4)44-48-92)100-67-63-98(64-68-100)122(8,9)10/h13-14,19-20,23-30,33-84H,3-4,11-12,15-18,21-22,31-32,85-86H2,1-2,5-10H3. The van der Waals surface area contributed by atoms with Crippen LogP contribution in [0.15, 0.2) is 389 Å². The molecule has 0 N–H and O–H groups in total. The predicted octanol–water partition coefficient (Wildman–Crippen LogP) is 33.6. The van der Waals surface area contributed by atoms with Gasteiger partial charge in [-0.3, -0.25) is 0 Å². The summed E-state index contributed by atoms with van der Waals surface area (Å²) in [5, 5.41) is 0. The Morgan fingerprint density at radius 2 is 0.543 bits per heavy atom. The van der Waals surface area contributed by atoms with Gasteiger partial charge in [0.05, 0.1) is 16.2 Å². The van der Waals surface area contributed by atoms with Crippen molar-refractivity contribution in [3.63, 3.8) is 0 Å². The molecular weight excluding hydrogens is 1530 g/mol. The van der Waals surface area contributed by atoms with Crippen LogP contribution in [0.5, 0.6) is 0 Å². The third-order valence-electron chi connectivity index (χ3n) is 28.2. The van der Waals surface area contributed by atoms with Gasteiger partial charge in [0.25, 0.3) is 0 Å². The number of nitrogens with zero attached hydrogens (tertiary/aromatic N) is 2. The van der Waals surface area contributed by atoms with Gasteiger partial charge in [-0.1, -0.05) is 423 Å². The summed E-state index contributed by atoms with van der Waals surface area (Å²) in [6.45, 7) is 26.9. The fourth-order valence-electron chi connectivity index (χ4n) is 21.3. The van der Waals surface area contributed by atoms with Crippen molar-refractivity contribution in [2.45, 2.75) is 160 Å². The minimum Gasteiger partial charge on any atom is -0.310 e. The molecule has 0 spiro atoms. The second-order valence-corrected chi connectivity index (χ2v) is 38.0. The Hall–Kier alpha value is -13.4. The highest BCUT2D eigenvalue weighted by molar-refractivity contribution is 5.95. The van der Waals surface area contributed by atoms with Crippen LogP contribution in [0.4, 0.5) is 34.1 Å². The minimum atomic E-state index is -0.853. The molecule has 2 heteroatoms. The van der Waals surface area contributed by atoms with Crippen LogP contribution in [0.2, 0.25) is 0 Å². The Labute approximate surface area is 755 Å². The van der Waals surface area contributed by atoms with Crippen LogP contribution < -0.4 is 9.80 Å². The Bertz CT molecular complexity index is 6230. The molecule has 0 saturated carbocycles. The van der Waals surface area contributed by atoms with Crippen LogP contribution in [0.25, 0.3) is 67.8 Å². The third-order valence-corrected chi connectivity index (χ3v) is 28.2. The van der Waals surface area contributed by atoms with E-state index >= 15 is 0 Å². The topological polar surface area (TPSA) is 6.48 Å². The van der Waals surface area contributed by atoms with Crippen LogP contribution in [0.3, 0.4) is 0 Å². The molecule has 626 valence electrons. The average molecular weight is 1650 g/mol. The molecule has 0 bridgehead atoms. The molecule has 0 saturated heterocycles. The number of aryl methyl sites for hydroxylation is 2. The Morgan fingerprint density at radius 1 is 0.252 bits per heavy atom. The van der Waals surface area contributed by atoms with E-state index in [1.54, 1.807) is 0 Å². The van der Waals surface area contributed by atoms with E-state index in [4.69, 9.17) is 0 Å². The minimum absolute atomic E-state index is 0.0321. The third kappa shape index (κ3) is 15.4. The van der Waals surface area contributed by atoms with Crippen molar-refractivity contribution in [1.82, 2.24) is 0 Å². The van der Waals surface area contributed by atoms with E-state index in [1.165, 1.54) is 183 Å². The van der Waals surface area contributed by atoms with Crippen molar-refractivity contribution in [2.24, 2.45) is 0 Å². The van der Waals surface area contributed by atoms with Crippen molar-refractivity contribution >= 4 is 46.3 Å². The van der Waals surface area contributed by atoms with Crippen LogP contribution in [0.1, 0.15) is 207 Å². The highest BCUT2D eigenvalue weighted by Gasteiger charge is 2.50. The lowest BCUT2D eigenvalue weighted by Gasteiger charge is -2.37. The maximum atomic E-state index is 4.19. The molecule has 16 aromatic carbocycles. The van der Waals surface area contributed by atoms with Crippen molar-refractivity contribution in [3.8, 4) is 55.6 Å². The zero-order valence-electron chi connectivity index (χ0n) is 75.2. The van der Waals surface area contributed by atoms with E-state index in [0.29, 0.717) is 0 Å². The molecule has 19 rings (SSSR count). The van der Waals surface area contributed by atoms with Crippen molar-refractivity contribution in [1.29, 1.82) is 0 Å². The van der Waals surface area contributed by atoms with Crippen molar-refractivity contribution < 1.29 is 0 Å². The molecule has 3 aliphatic carbocycles. The van der Waals surface area contributed by atoms with Gasteiger partial charge < -0.3 is 9.80 Å². The zero-order chi connectivity index (χ0) is 87.0. The Kier molecular flexibility index (Phi) is 22.8. The van der Waals surface area contributed by atoms with Crippen molar-refractivity contribution in [3.05, 3.63) is 489 Å². The summed E-state index contributed by atoms with van der Waals surface area (Å²) < 4.78 is 0. The fourth-order valence-corrected chi connectivity index (χ4v) is 21.3. The molecule has 2 nitrogen and oxygen atoms in total. The zero-order valence-corrected chi connectivity index (χ0v) is 75.2. The van der Waals surface area contributed by atoms with Crippen LogP contribution in [-0.4, -0.2) is 0 Å². The SMILES string of the molecule is C=Cc1ccc(CC2(c3ccc(C(C)(C)C)cc3)c3ccccc3-c3ccc(N(c4ccc(-c5ccccc5)cc4)c4ccc5c(c4)C(c4ccc(CCCCCC)cc4)(c4ccc(CCCCCC)cc4)c4cc(N(c6ccc(-c7ccccc7)cc6)c6ccc7c(c6)C(Cc6ccc(C=C)cc6)(c6ccc(C(C)(C)C)cc6)c6ccccc6-7)ccc4-5)cc32)cc1. The van der Waals surface area contributed by atoms with E-state index in [9.17, 15) is 0 Å². The second-order valence-electron chi connectivity index (χ2n) is 38.0. The lowest BCUT2D eigenvalue weighted by molar-refractivity contribution is 0.586. The van der Waals surface area contributed by atoms with E-state index in [1.807, 2.05) is 12.2 Å². The summed E-state index contributed by atoms with van der Waals surface area (Å²) in [5.41, 5.74) is 39.5. The average Bonchev–Trinajstić information content (AvgIpc) is 1.54. The molecule has 0 aliphatic heterocycles.